The number of rotatable bonds is 4. The van der Waals surface area contributed by atoms with Crippen molar-refractivity contribution < 1.29 is 9.53 Å². The monoisotopic (exact) mass is 257 g/mol. The molecule has 19 heavy (non-hydrogen) atoms. The van der Waals surface area contributed by atoms with Crippen molar-refractivity contribution in [2.45, 2.75) is 25.7 Å². The quantitative estimate of drug-likeness (QED) is 0.788. The minimum absolute atomic E-state index is 0.389. The number of aryl methyl sites for hydroxylation is 1. The van der Waals surface area contributed by atoms with Gasteiger partial charge < -0.3 is 4.74 Å². The largest absolute Gasteiger partial charge is 0.494 e. The standard InChI is InChI=1S/C14H15N3O2/c1-9-3-6-13(19-2)12(7-9)17-14(10-4-5-10)11(8-18)15-16-17/h3,6-8,10H,4-5H2,1-2H3. The Bertz CT molecular complexity index is 630. The molecule has 5 nitrogen and oxygen atoms in total. The van der Waals surface area contributed by atoms with Gasteiger partial charge in [-0.15, -0.1) is 5.10 Å². The molecule has 0 unspecified atom stereocenters. The van der Waals surface area contributed by atoms with Crippen molar-refractivity contribution in [3.63, 3.8) is 0 Å². The van der Waals surface area contributed by atoms with Gasteiger partial charge in [0.25, 0.3) is 0 Å². The molecule has 1 aliphatic carbocycles. The van der Waals surface area contributed by atoms with Gasteiger partial charge in [0, 0.05) is 5.92 Å². The maximum atomic E-state index is 11.1. The van der Waals surface area contributed by atoms with E-state index in [4.69, 9.17) is 4.74 Å². The molecule has 1 saturated carbocycles. The van der Waals surface area contributed by atoms with Crippen molar-refractivity contribution in [3.05, 3.63) is 35.2 Å². The van der Waals surface area contributed by atoms with Crippen LogP contribution in [0, 0.1) is 6.92 Å². The molecule has 0 spiro atoms. The second kappa shape index (κ2) is 4.50. The first-order chi connectivity index (χ1) is 9.24. The van der Waals surface area contributed by atoms with Crippen LogP contribution in [0.2, 0.25) is 0 Å². The molecule has 98 valence electrons. The third kappa shape index (κ3) is 2.01. The predicted molar refractivity (Wildman–Crippen MR) is 70.0 cm³/mol. The van der Waals surface area contributed by atoms with Gasteiger partial charge in [0.15, 0.2) is 6.29 Å². The summed E-state index contributed by atoms with van der Waals surface area (Å²) in [5.41, 5.74) is 3.29. The lowest BCUT2D eigenvalue weighted by Gasteiger charge is -2.11. The van der Waals surface area contributed by atoms with Gasteiger partial charge in [0.2, 0.25) is 0 Å². The minimum Gasteiger partial charge on any atom is -0.494 e. The first-order valence-corrected chi connectivity index (χ1v) is 6.30. The highest BCUT2D eigenvalue weighted by Gasteiger charge is 2.32. The zero-order chi connectivity index (χ0) is 13.4. The number of carbonyl (C=O) groups is 1. The fraction of sp³-hybridized carbons (Fsp3) is 0.357. The second-order valence-electron chi connectivity index (χ2n) is 4.84. The lowest BCUT2D eigenvalue weighted by Crippen LogP contribution is -2.05. The van der Waals surface area contributed by atoms with E-state index in [-0.39, 0.29) is 0 Å². The number of nitrogens with zero attached hydrogens (tertiary/aromatic N) is 3. The average molecular weight is 257 g/mol. The number of carbonyl (C=O) groups excluding carboxylic acids is 1. The second-order valence-corrected chi connectivity index (χ2v) is 4.84. The average Bonchev–Trinajstić information content (AvgIpc) is 3.17. The molecule has 0 N–H and O–H groups in total. The summed E-state index contributed by atoms with van der Waals surface area (Å²) in [4.78, 5) is 11.1. The number of hydrogen-bond acceptors (Lipinski definition) is 4. The lowest BCUT2D eigenvalue weighted by molar-refractivity contribution is 0.111. The zero-order valence-corrected chi connectivity index (χ0v) is 11.0. The summed E-state index contributed by atoms with van der Waals surface area (Å²) in [6, 6.07) is 5.88. The summed E-state index contributed by atoms with van der Waals surface area (Å²) in [6.45, 7) is 2.01. The molecule has 1 aliphatic rings. The van der Waals surface area contributed by atoms with Gasteiger partial charge in [-0.1, -0.05) is 11.3 Å². The van der Waals surface area contributed by atoms with Crippen LogP contribution in [0.1, 0.15) is 40.5 Å². The number of methoxy groups -OCH3 is 1. The van der Waals surface area contributed by atoms with Crippen molar-refractivity contribution in [2.24, 2.45) is 0 Å². The van der Waals surface area contributed by atoms with E-state index in [1.54, 1.807) is 11.8 Å². The third-order valence-electron chi connectivity index (χ3n) is 3.37. The molecule has 0 amide bonds. The van der Waals surface area contributed by atoms with Crippen LogP contribution in [0.25, 0.3) is 5.69 Å². The van der Waals surface area contributed by atoms with E-state index >= 15 is 0 Å². The summed E-state index contributed by atoms with van der Waals surface area (Å²) in [5, 5.41) is 8.09. The first kappa shape index (κ1) is 11.9. The first-order valence-electron chi connectivity index (χ1n) is 6.30. The van der Waals surface area contributed by atoms with E-state index in [2.05, 4.69) is 10.3 Å². The van der Waals surface area contributed by atoms with Crippen LogP contribution in [-0.2, 0) is 0 Å². The Morgan fingerprint density at radius 2 is 2.21 bits per heavy atom. The number of benzene rings is 1. The van der Waals surface area contributed by atoms with E-state index < -0.39 is 0 Å². The van der Waals surface area contributed by atoms with Crippen LogP contribution in [0.4, 0.5) is 0 Å². The molecule has 3 rings (SSSR count). The van der Waals surface area contributed by atoms with Crippen LogP contribution in [-0.4, -0.2) is 28.4 Å². The van der Waals surface area contributed by atoms with E-state index in [0.717, 1.165) is 41.8 Å². The Morgan fingerprint density at radius 1 is 1.42 bits per heavy atom. The highest BCUT2D eigenvalue weighted by molar-refractivity contribution is 5.74. The fourth-order valence-electron chi connectivity index (χ4n) is 2.27. The minimum atomic E-state index is 0.389. The van der Waals surface area contributed by atoms with Gasteiger partial charge in [-0.3, -0.25) is 4.79 Å². The summed E-state index contributed by atoms with van der Waals surface area (Å²) >= 11 is 0. The molecule has 5 heteroatoms. The maximum Gasteiger partial charge on any atom is 0.172 e. The van der Waals surface area contributed by atoms with Gasteiger partial charge >= 0.3 is 0 Å². The summed E-state index contributed by atoms with van der Waals surface area (Å²) in [7, 11) is 1.63. The van der Waals surface area contributed by atoms with Crippen molar-refractivity contribution in [1.29, 1.82) is 0 Å². The Hall–Kier alpha value is -2.17. The SMILES string of the molecule is COc1ccc(C)cc1-n1nnc(C=O)c1C1CC1. The van der Waals surface area contributed by atoms with Crippen LogP contribution in [0.3, 0.4) is 0 Å². The van der Waals surface area contributed by atoms with Crippen LogP contribution in [0.15, 0.2) is 18.2 Å². The molecule has 0 atom stereocenters. The van der Waals surface area contributed by atoms with Crippen molar-refractivity contribution in [3.8, 4) is 11.4 Å². The number of aldehydes is 1. The topological polar surface area (TPSA) is 57.0 Å². The molecule has 2 aromatic rings. The third-order valence-corrected chi connectivity index (χ3v) is 3.37. The molecule has 0 radical (unpaired) electrons. The van der Waals surface area contributed by atoms with Crippen LogP contribution < -0.4 is 4.74 Å². The smallest absolute Gasteiger partial charge is 0.172 e. The van der Waals surface area contributed by atoms with Crippen molar-refractivity contribution in [2.75, 3.05) is 7.11 Å². The molecule has 0 bridgehead atoms. The van der Waals surface area contributed by atoms with E-state index in [1.807, 2.05) is 25.1 Å². The molecule has 1 fully saturated rings. The summed E-state index contributed by atoms with van der Waals surface area (Å²) in [6.07, 6.45) is 2.95. The molecule has 0 saturated heterocycles. The van der Waals surface area contributed by atoms with Crippen molar-refractivity contribution in [1.82, 2.24) is 15.0 Å². The van der Waals surface area contributed by atoms with Crippen LogP contribution >= 0.6 is 0 Å². The van der Waals surface area contributed by atoms with Gasteiger partial charge in [-0.05, 0) is 37.5 Å². The van der Waals surface area contributed by atoms with E-state index in [9.17, 15) is 4.79 Å². The highest BCUT2D eigenvalue weighted by atomic mass is 16.5. The zero-order valence-electron chi connectivity index (χ0n) is 11.0. The highest BCUT2D eigenvalue weighted by Crippen LogP contribution is 2.42. The van der Waals surface area contributed by atoms with Crippen molar-refractivity contribution >= 4 is 6.29 Å². The number of aromatic nitrogens is 3. The Morgan fingerprint density at radius 3 is 2.84 bits per heavy atom. The van der Waals surface area contributed by atoms with Gasteiger partial charge in [-0.25, -0.2) is 4.68 Å². The van der Waals surface area contributed by atoms with E-state index in [1.165, 1.54) is 0 Å². The predicted octanol–water partition coefficient (Wildman–Crippen LogP) is 2.27. The normalized spacial score (nSPS) is 14.4. The van der Waals surface area contributed by atoms with E-state index in [0.29, 0.717) is 11.6 Å². The lowest BCUT2D eigenvalue weighted by atomic mass is 10.2. The maximum absolute atomic E-state index is 11.1. The summed E-state index contributed by atoms with van der Waals surface area (Å²) in [5.74, 6) is 1.12. The number of ether oxygens (including phenoxy) is 1. The summed E-state index contributed by atoms with van der Waals surface area (Å²) < 4.78 is 7.12. The molecular weight excluding hydrogens is 242 g/mol. The molecular formula is C14H15N3O2. The van der Waals surface area contributed by atoms with Crippen LogP contribution in [0.5, 0.6) is 5.75 Å². The molecule has 1 aromatic heterocycles. The Kier molecular flexibility index (Phi) is 2.81. The van der Waals surface area contributed by atoms with Gasteiger partial charge in [-0.2, -0.15) is 0 Å². The Labute approximate surface area is 111 Å². The molecule has 0 aliphatic heterocycles. The molecule has 1 heterocycles. The molecule has 1 aromatic carbocycles. The van der Waals surface area contributed by atoms with Gasteiger partial charge in [0.1, 0.15) is 17.1 Å². The Balaban J connectivity index is 2.19. The van der Waals surface area contributed by atoms with Gasteiger partial charge in [0.05, 0.1) is 12.8 Å². The fourth-order valence-corrected chi connectivity index (χ4v) is 2.27. The number of hydrogen-bond donors (Lipinski definition) is 0.